The Morgan fingerprint density at radius 3 is 3.05 bits per heavy atom. The first-order valence-corrected chi connectivity index (χ1v) is 7.81. The van der Waals surface area contributed by atoms with Crippen molar-refractivity contribution in [2.75, 3.05) is 26.4 Å². The zero-order valence-electron chi connectivity index (χ0n) is 12.5. The summed E-state index contributed by atoms with van der Waals surface area (Å²) in [6, 6.07) is 4.73. The van der Waals surface area contributed by atoms with Crippen molar-refractivity contribution >= 4 is 0 Å². The van der Waals surface area contributed by atoms with Crippen LogP contribution < -0.4 is 0 Å². The molecule has 0 radical (unpaired) electrons. The molecule has 1 saturated heterocycles. The van der Waals surface area contributed by atoms with Crippen molar-refractivity contribution in [1.82, 2.24) is 9.88 Å². The van der Waals surface area contributed by atoms with Crippen molar-refractivity contribution in [2.45, 2.75) is 31.5 Å². The molecule has 2 heterocycles. The van der Waals surface area contributed by atoms with Crippen LogP contribution in [0.5, 0.6) is 0 Å². The Morgan fingerprint density at radius 1 is 1.38 bits per heavy atom. The lowest BCUT2D eigenvalue weighted by molar-refractivity contribution is -0.0869. The predicted octanol–water partition coefficient (Wildman–Crippen LogP) is 2.26. The second kappa shape index (κ2) is 7.16. The van der Waals surface area contributed by atoms with E-state index in [1.165, 1.54) is 18.4 Å². The molecule has 1 aromatic rings. The first-order valence-electron chi connectivity index (χ1n) is 7.81. The van der Waals surface area contributed by atoms with Gasteiger partial charge < -0.3 is 9.47 Å². The molecular formula is C17H24N2O2. The molecule has 0 aromatic carbocycles. The molecule has 21 heavy (non-hydrogen) atoms. The first-order chi connectivity index (χ1) is 10.4. The third kappa shape index (κ3) is 3.51. The molecule has 0 spiro atoms. The van der Waals surface area contributed by atoms with Gasteiger partial charge >= 0.3 is 0 Å². The quantitative estimate of drug-likeness (QED) is 0.594. The van der Waals surface area contributed by atoms with Gasteiger partial charge in [-0.15, -0.1) is 6.58 Å². The second-order valence-electron chi connectivity index (χ2n) is 5.89. The van der Waals surface area contributed by atoms with Crippen LogP contribution in [0.15, 0.2) is 37.2 Å². The standard InChI is InChI=1S/C17H24N2O2/c1-2-10-20-13-15-3-4-16-17(15)21-11-9-19(16)12-14-5-7-18-8-6-14/h2,5-8,15-17H,1,3-4,9-13H2/t15-,16-,17-/m0/s1. The topological polar surface area (TPSA) is 34.6 Å². The molecule has 4 nitrogen and oxygen atoms in total. The molecule has 2 fully saturated rings. The van der Waals surface area contributed by atoms with E-state index in [1.54, 1.807) is 0 Å². The highest BCUT2D eigenvalue weighted by Gasteiger charge is 2.42. The molecule has 1 saturated carbocycles. The molecule has 114 valence electrons. The minimum Gasteiger partial charge on any atom is -0.377 e. The molecular weight excluding hydrogens is 264 g/mol. The summed E-state index contributed by atoms with van der Waals surface area (Å²) in [6.45, 7) is 7.95. The van der Waals surface area contributed by atoms with Crippen LogP contribution in [-0.4, -0.2) is 48.4 Å². The fourth-order valence-corrected chi connectivity index (χ4v) is 3.54. The molecule has 0 N–H and O–H groups in total. The number of hydrogen-bond acceptors (Lipinski definition) is 4. The zero-order chi connectivity index (χ0) is 14.5. The van der Waals surface area contributed by atoms with Crippen molar-refractivity contribution in [3.63, 3.8) is 0 Å². The van der Waals surface area contributed by atoms with Gasteiger partial charge in [-0.3, -0.25) is 9.88 Å². The van der Waals surface area contributed by atoms with Crippen LogP contribution in [0.25, 0.3) is 0 Å². The molecule has 0 bridgehead atoms. The van der Waals surface area contributed by atoms with Crippen molar-refractivity contribution < 1.29 is 9.47 Å². The Kier molecular flexibility index (Phi) is 5.01. The summed E-state index contributed by atoms with van der Waals surface area (Å²) in [4.78, 5) is 6.66. The van der Waals surface area contributed by atoms with Crippen LogP contribution in [0.3, 0.4) is 0 Å². The fourth-order valence-electron chi connectivity index (χ4n) is 3.54. The van der Waals surface area contributed by atoms with Crippen molar-refractivity contribution in [1.29, 1.82) is 0 Å². The van der Waals surface area contributed by atoms with E-state index in [9.17, 15) is 0 Å². The number of fused-ring (bicyclic) bond motifs is 1. The number of pyridine rings is 1. The second-order valence-corrected chi connectivity index (χ2v) is 5.89. The van der Waals surface area contributed by atoms with Gasteiger partial charge in [0.1, 0.15) is 0 Å². The monoisotopic (exact) mass is 288 g/mol. The van der Waals surface area contributed by atoms with Crippen LogP contribution in [0.1, 0.15) is 18.4 Å². The number of hydrogen-bond donors (Lipinski definition) is 0. The number of morpholine rings is 1. The van der Waals surface area contributed by atoms with Crippen LogP contribution in [-0.2, 0) is 16.0 Å². The van der Waals surface area contributed by atoms with Gasteiger partial charge in [0.25, 0.3) is 0 Å². The van der Waals surface area contributed by atoms with E-state index in [0.717, 1.165) is 26.3 Å². The highest BCUT2D eigenvalue weighted by molar-refractivity contribution is 5.10. The van der Waals surface area contributed by atoms with E-state index < -0.39 is 0 Å². The summed E-state index contributed by atoms with van der Waals surface area (Å²) in [7, 11) is 0. The fraction of sp³-hybridized carbons (Fsp3) is 0.588. The van der Waals surface area contributed by atoms with E-state index in [4.69, 9.17) is 9.47 Å². The van der Waals surface area contributed by atoms with Gasteiger partial charge in [-0.2, -0.15) is 0 Å². The van der Waals surface area contributed by atoms with E-state index in [2.05, 4.69) is 28.6 Å². The largest absolute Gasteiger partial charge is 0.377 e. The van der Waals surface area contributed by atoms with Crippen LogP contribution in [0.2, 0.25) is 0 Å². The van der Waals surface area contributed by atoms with Gasteiger partial charge in [0.15, 0.2) is 0 Å². The predicted molar refractivity (Wildman–Crippen MR) is 81.9 cm³/mol. The molecule has 3 atom stereocenters. The summed E-state index contributed by atoms with van der Waals surface area (Å²) in [5.41, 5.74) is 1.33. The summed E-state index contributed by atoms with van der Waals surface area (Å²) < 4.78 is 11.7. The average molecular weight is 288 g/mol. The van der Waals surface area contributed by atoms with Crippen LogP contribution in [0, 0.1) is 5.92 Å². The number of nitrogens with zero attached hydrogens (tertiary/aromatic N) is 2. The Morgan fingerprint density at radius 2 is 2.24 bits per heavy atom. The first kappa shape index (κ1) is 14.7. The molecule has 4 heteroatoms. The Bertz CT molecular complexity index is 451. The third-order valence-electron chi connectivity index (χ3n) is 4.54. The molecule has 0 unspecified atom stereocenters. The smallest absolute Gasteiger partial charge is 0.0781 e. The molecule has 1 aliphatic heterocycles. The third-order valence-corrected chi connectivity index (χ3v) is 4.54. The maximum Gasteiger partial charge on any atom is 0.0781 e. The lowest BCUT2D eigenvalue weighted by Gasteiger charge is -2.39. The van der Waals surface area contributed by atoms with E-state index >= 15 is 0 Å². The number of ether oxygens (including phenoxy) is 2. The minimum absolute atomic E-state index is 0.324. The summed E-state index contributed by atoms with van der Waals surface area (Å²) >= 11 is 0. The molecule has 2 aliphatic rings. The van der Waals surface area contributed by atoms with Crippen LogP contribution >= 0.6 is 0 Å². The zero-order valence-corrected chi connectivity index (χ0v) is 12.5. The number of rotatable bonds is 6. The lowest BCUT2D eigenvalue weighted by Crippen LogP contribution is -2.50. The van der Waals surface area contributed by atoms with Gasteiger partial charge in [0.2, 0.25) is 0 Å². The van der Waals surface area contributed by atoms with Gasteiger partial charge in [-0.1, -0.05) is 6.08 Å². The summed E-state index contributed by atoms with van der Waals surface area (Å²) in [6.07, 6.45) is 8.27. The summed E-state index contributed by atoms with van der Waals surface area (Å²) in [5, 5.41) is 0. The highest BCUT2D eigenvalue weighted by Crippen LogP contribution is 2.35. The maximum absolute atomic E-state index is 6.05. The van der Waals surface area contributed by atoms with Gasteiger partial charge in [0.05, 0.1) is 25.9 Å². The van der Waals surface area contributed by atoms with Crippen LogP contribution in [0.4, 0.5) is 0 Å². The molecule has 3 rings (SSSR count). The molecule has 1 aliphatic carbocycles. The highest BCUT2D eigenvalue weighted by atomic mass is 16.5. The number of aromatic nitrogens is 1. The normalized spacial score (nSPS) is 29.2. The Hall–Kier alpha value is -1.23. The maximum atomic E-state index is 6.05. The lowest BCUT2D eigenvalue weighted by atomic mass is 10.0. The Labute approximate surface area is 126 Å². The Balaban J connectivity index is 1.59. The molecule has 0 amide bonds. The van der Waals surface area contributed by atoms with Gasteiger partial charge in [0, 0.05) is 37.4 Å². The van der Waals surface area contributed by atoms with E-state index in [1.807, 2.05) is 18.5 Å². The van der Waals surface area contributed by atoms with Gasteiger partial charge in [-0.25, -0.2) is 0 Å². The average Bonchev–Trinajstić information content (AvgIpc) is 2.93. The van der Waals surface area contributed by atoms with E-state index in [-0.39, 0.29) is 0 Å². The summed E-state index contributed by atoms with van der Waals surface area (Å²) in [5.74, 6) is 0.523. The SMILES string of the molecule is C=CCOC[C@@H]1CC[C@H]2[C@H]1OCCN2Cc1ccncc1. The van der Waals surface area contributed by atoms with Crippen molar-refractivity contribution in [3.8, 4) is 0 Å². The molecule has 1 aromatic heterocycles. The van der Waals surface area contributed by atoms with Gasteiger partial charge in [-0.05, 0) is 30.5 Å². The minimum atomic E-state index is 0.324. The van der Waals surface area contributed by atoms with Crippen molar-refractivity contribution in [3.05, 3.63) is 42.7 Å². The van der Waals surface area contributed by atoms with Crippen molar-refractivity contribution in [2.24, 2.45) is 5.92 Å². The van der Waals surface area contributed by atoms with E-state index in [0.29, 0.717) is 24.7 Å².